The first-order valence-electron chi connectivity index (χ1n) is 3.69. The van der Waals surface area contributed by atoms with Crippen LogP contribution in [0.2, 0.25) is 0 Å². The quantitative estimate of drug-likeness (QED) is 0.767. The van der Waals surface area contributed by atoms with Gasteiger partial charge < -0.3 is 10.8 Å². The first-order chi connectivity index (χ1) is 6.99. The maximum atomic E-state index is 12.5. The first-order valence-corrected chi connectivity index (χ1v) is 3.69. The molecule has 1 rings (SSSR count). The van der Waals surface area contributed by atoms with Gasteiger partial charge in [0.15, 0.2) is 5.69 Å². The maximum absolute atomic E-state index is 12.5. The summed E-state index contributed by atoms with van der Waals surface area (Å²) in [5.41, 5.74) is 2.63. The van der Waals surface area contributed by atoms with E-state index >= 15 is 0 Å². The average Bonchev–Trinajstić information content (AvgIpc) is 2.16. The highest BCUT2D eigenvalue weighted by Gasteiger charge is 2.25. The minimum Gasteiger partial charge on any atom is -0.476 e. The second kappa shape index (κ2) is 3.88. The minimum atomic E-state index is -3.11. The first kappa shape index (κ1) is 10.8. The van der Waals surface area contributed by atoms with Crippen LogP contribution in [-0.2, 0) is 0 Å². The van der Waals surface area contributed by atoms with Gasteiger partial charge in [-0.3, -0.25) is 0 Å². The molecule has 0 amide bonds. The maximum Gasteiger partial charge on any atom is 0.355 e. The monoisotopic (exact) mass is 213 g/mol. The summed E-state index contributed by atoms with van der Waals surface area (Å²) in [6, 6.07) is 1.43. The zero-order chi connectivity index (χ0) is 11.6. The molecule has 78 valence electrons. The Kier molecular flexibility index (Phi) is 2.80. The largest absolute Gasteiger partial charge is 0.476 e. The molecule has 0 saturated heterocycles. The molecule has 0 unspecified atom stereocenters. The standard InChI is InChI=1S/C8H5F2N3O2/c9-7(10)5-3(1-11)4(12)2-13-6(5)8(14)15/h2,7H,12H2,(H,14,15). The zero-order valence-corrected chi connectivity index (χ0v) is 7.24. The number of anilines is 1. The lowest BCUT2D eigenvalue weighted by atomic mass is 10.1. The van der Waals surface area contributed by atoms with Gasteiger partial charge in [0.2, 0.25) is 0 Å². The fourth-order valence-corrected chi connectivity index (χ4v) is 1.05. The third kappa shape index (κ3) is 1.83. The molecule has 3 N–H and O–H groups in total. The van der Waals surface area contributed by atoms with E-state index in [1.807, 2.05) is 0 Å². The Hall–Kier alpha value is -2.23. The highest BCUT2D eigenvalue weighted by molar-refractivity contribution is 5.88. The number of nitrogen functional groups attached to an aromatic ring is 1. The summed E-state index contributed by atoms with van der Waals surface area (Å²) < 4.78 is 25.0. The van der Waals surface area contributed by atoms with Crippen LogP contribution in [0, 0.1) is 11.3 Å². The second-order valence-corrected chi connectivity index (χ2v) is 2.57. The summed E-state index contributed by atoms with van der Waals surface area (Å²) in [6.07, 6.45) is -2.24. The molecule has 15 heavy (non-hydrogen) atoms. The van der Waals surface area contributed by atoms with Crippen LogP contribution in [0.25, 0.3) is 0 Å². The number of aromatic carboxylic acids is 1. The van der Waals surface area contributed by atoms with Crippen LogP contribution in [0.15, 0.2) is 6.20 Å². The fraction of sp³-hybridized carbons (Fsp3) is 0.125. The summed E-state index contributed by atoms with van der Waals surface area (Å²) in [7, 11) is 0. The topological polar surface area (TPSA) is 100 Å². The predicted molar refractivity (Wildman–Crippen MR) is 45.3 cm³/mol. The fourth-order valence-electron chi connectivity index (χ4n) is 1.05. The van der Waals surface area contributed by atoms with Crippen LogP contribution >= 0.6 is 0 Å². The van der Waals surface area contributed by atoms with Crippen molar-refractivity contribution in [2.75, 3.05) is 5.73 Å². The molecule has 7 heteroatoms. The van der Waals surface area contributed by atoms with Crippen molar-refractivity contribution in [2.45, 2.75) is 6.43 Å². The van der Waals surface area contributed by atoms with Gasteiger partial charge in [-0.1, -0.05) is 0 Å². The number of halogens is 2. The van der Waals surface area contributed by atoms with Crippen LogP contribution in [0.4, 0.5) is 14.5 Å². The number of hydrogen-bond donors (Lipinski definition) is 2. The van der Waals surface area contributed by atoms with Crippen LogP contribution < -0.4 is 5.73 Å². The second-order valence-electron chi connectivity index (χ2n) is 2.57. The summed E-state index contributed by atoms with van der Waals surface area (Å²) in [5, 5.41) is 17.1. The van der Waals surface area contributed by atoms with Gasteiger partial charge in [-0.2, -0.15) is 5.26 Å². The highest BCUT2D eigenvalue weighted by Crippen LogP contribution is 2.28. The molecular formula is C8H5F2N3O2. The third-order valence-corrected chi connectivity index (χ3v) is 1.68. The van der Waals surface area contributed by atoms with Gasteiger partial charge in [0.1, 0.15) is 6.07 Å². The minimum absolute atomic E-state index is 0.266. The Morgan fingerprint density at radius 3 is 2.67 bits per heavy atom. The summed E-state index contributed by atoms with van der Waals surface area (Å²) in [4.78, 5) is 13.8. The van der Waals surface area contributed by atoms with Gasteiger partial charge in [0.25, 0.3) is 6.43 Å². The lowest BCUT2D eigenvalue weighted by molar-refractivity contribution is 0.0677. The van der Waals surface area contributed by atoms with E-state index in [-0.39, 0.29) is 5.69 Å². The number of aromatic nitrogens is 1. The number of nitrogens with two attached hydrogens (primary N) is 1. The summed E-state index contributed by atoms with van der Waals surface area (Å²) in [6.45, 7) is 0. The number of rotatable bonds is 2. The Labute approximate surface area is 82.8 Å². The number of carbonyl (C=O) groups is 1. The lowest BCUT2D eigenvalue weighted by Crippen LogP contribution is -2.10. The van der Waals surface area contributed by atoms with Crippen molar-refractivity contribution >= 4 is 11.7 Å². The molecule has 1 heterocycles. The molecular weight excluding hydrogens is 208 g/mol. The number of carboxylic acids is 1. The van der Waals surface area contributed by atoms with Gasteiger partial charge in [0.05, 0.1) is 23.0 Å². The summed E-state index contributed by atoms with van der Waals surface area (Å²) in [5.74, 6) is -1.62. The van der Waals surface area contributed by atoms with Crippen molar-refractivity contribution in [3.63, 3.8) is 0 Å². The number of nitriles is 1. The van der Waals surface area contributed by atoms with E-state index in [1.54, 1.807) is 0 Å². The Balaban J connectivity index is 3.58. The number of pyridine rings is 1. The predicted octanol–water partition coefficient (Wildman–Crippen LogP) is 1.17. The van der Waals surface area contributed by atoms with E-state index < -0.39 is 29.2 Å². The van der Waals surface area contributed by atoms with Crippen molar-refractivity contribution in [3.8, 4) is 6.07 Å². The van der Waals surface area contributed by atoms with Gasteiger partial charge in [-0.25, -0.2) is 18.6 Å². The number of carboxylic acid groups (broad SMARTS) is 1. The molecule has 0 saturated carbocycles. The molecule has 0 radical (unpaired) electrons. The van der Waals surface area contributed by atoms with Crippen molar-refractivity contribution < 1.29 is 18.7 Å². The number of nitrogens with zero attached hydrogens (tertiary/aromatic N) is 2. The van der Waals surface area contributed by atoms with Crippen LogP contribution in [0.1, 0.15) is 28.0 Å². The van der Waals surface area contributed by atoms with E-state index in [1.165, 1.54) is 6.07 Å². The van der Waals surface area contributed by atoms with Gasteiger partial charge in [-0.15, -0.1) is 0 Å². The molecule has 1 aromatic heterocycles. The number of hydrogen-bond acceptors (Lipinski definition) is 4. The molecule has 0 aliphatic rings. The molecule has 1 aromatic rings. The zero-order valence-electron chi connectivity index (χ0n) is 7.24. The van der Waals surface area contributed by atoms with Crippen molar-refractivity contribution in [3.05, 3.63) is 23.0 Å². The van der Waals surface area contributed by atoms with E-state index in [0.717, 1.165) is 6.20 Å². The van der Waals surface area contributed by atoms with E-state index in [9.17, 15) is 13.6 Å². The average molecular weight is 213 g/mol. The van der Waals surface area contributed by atoms with E-state index in [2.05, 4.69) is 4.98 Å². The summed E-state index contributed by atoms with van der Waals surface area (Å²) >= 11 is 0. The van der Waals surface area contributed by atoms with Crippen molar-refractivity contribution in [2.24, 2.45) is 0 Å². The highest BCUT2D eigenvalue weighted by atomic mass is 19.3. The van der Waals surface area contributed by atoms with Crippen LogP contribution in [0.5, 0.6) is 0 Å². The lowest BCUT2D eigenvalue weighted by Gasteiger charge is -2.07. The molecule has 0 spiro atoms. The normalized spacial score (nSPS) is 10.0. The van der Waals surface area contributed by atoms with Crippen molar-refractivity contribution in [1.29, 1.82) is 5.26 Å². The Morgan fingerprint density at radius 1 is 1.67 bits per heavy atom. The smallest absolute Gasteiger partial charge is 0.355 e. The van der Waals surface area contributed by atoms with Gasteiger partial charge >= 0.3 is 5.97 Å². The molecule has 0 aromatic carbocycles. The SMILES string of the molecule is N#Cc1c(N)cnc(C(=O)O)c1C(F)F. The molecule has 0 aliphatic heterocycles. The van der Waals surface area contributed by atoms with Gasteiger partial charge in [0, 0.05) is 0 Å². The van der Waals surface area contributed by atoms with E-state index in [4.69, 9.17) is 16.1 Å². The van der Waals surface area contributed by atoms with Gasteiger partial charge in [-0.05, 0) is 0 Å². The molecule has 5 nitrogen and oxygen atoms in total. The third-order valence-electron chi connectivity index (χ3n) is 1.68. The molecule has 0 bridgehead atoms. The molecule has 0 atom stereocenters. The Bertz CT molecular complexity index is 454. The number of alkyl halides is 2. The van der Waals surface area contributed by atoms with E-state index in [0.29, 0.717) is 0 Å². The van der Waals surface area contributed by atoms with Crippen LogP contribution in [0.3, 0.4) is 0 Å². The van der Waals surface area contributed by atoms with Crippen LogP contribution in [-0.4, -0.2) is 16.1 Å². The Morgan fingerprint density at radius 2 is 2.27 bits per heavy atom. The molecule has 0 aliphatic carbocycles. The van der Waals surface area contributed by atoms with Crippen molar-refractivity contribution in [1.82, 2.24) is 4.98 Å². The molecule has 0 fully saturated rings.